The molecule has 1 unspecified atom stereocenters. The first-order chi connectivity index (χ1) is 8.72. The lowest BCUT2D eigenvalue weighted by Gasteiger charge is -2.15. The van der Waals surface area contributed by atoms with Crippen LogP contribution < -0.4 is 5.73 Å². The molecule has 1 rings (SSSR count). The van der Waals surface area contributed by atoms with Crippen LogP contribution in [0.4, 0.5) is 0 Å². The van der Waals surface area contributed by atoms with Gasteiger partial charge in [-0.2, -0.15) is 0 Å². The quantitative estimate of drug-likeness (QED) is 0.657. The molecule has 1 nitrogen and oxygen atoms in total. The van der Waals surface area contributed by atoms with E-state index < -0.39 is 0 Å². The molecule has 0 saturated heterocycles. The molecule has 1 heteroatoms. The molecule has 0 saturated carbocycles. The average Bonchev–Trinajstić information content (AvgIpc) is 2.42. The van der Waals surface area contributed by atoms with Crippen LogP contribution in [-0.4, -0.2) is 0 Å². The Morgan fingerprint density at radius 2 is 1.67 bits per heavy atom. The van der Waals surface area contributed by atoms with Gasteiger partial charge in [-0.25, -0.2) is 0 Å². The third-order valence-electron chi connectivity index (χ3n) is 3.79. The van der Waals surface area contributed by atoms with E-state index in [2.05, 4.69) is 39.0 Å². The first kappa shape index (κ1) is 15.2. The summed E-state index contributed by atoms with van der Waals surface area (Å²) in [6.07, 6.45) is 8.55. The van der Waals surface area contributed by atoms with Gasteiger partial charge in [0.2, 0.25) is 0 Å². The highest BCUT2D eigenvalue weighted by atomic mass is 14.6. The second kappa shape index (κ2) is 8.31. The van der Waals surface area contributed by atoms with E-state index in [0.29, 0.717) is 0 Å². The molecule has 0 amide bonds. The van der Waals surface area contributed by atoms with Crippen LogP contribution in [0.5, 0.6) is 0 Å². The Hall–Kier alpha value is -0.820. The van der Waals surface area contributed by atoms with E-state index in [9.17, 15) is 0 Å². The number of rotatable bonds is 8. The van der Waals surface area contributed by atoms with Gasteiger partial charge < -0.3 is 5.73 Å². The summed E-state index contributed by atoms with van der Waals surface area (Å²) >= 11 is 0. The molecule has 0 aliphatic carbocycles. The Labute approximate surface area is 113 Å². The maximum Gasteiger partial charge on any atom is 0.0294 e. The minimum atomic E-state index is 0.220. The minimum Gasteiger partial charge on any atom is -0.324 e. The fourth-order valence-electron chi connectivity index (χ4n) is 2.51. The minimum absolute atomic E-state index is 0.220. The molecule has 0 aliphatic rings. The van der Waals surface area contributed by atoms with Crippen molar-refractivity contribution < 1.29 is 0 Å². The number of hydrogen-bond acceptors (Lipinski definition) is 1. The Morgan fingerprint density at radius 3 is 2.28 bits per heavy atom. The van der Waals surface area contributed by atoms with Gasteiger partial charge in [0.25, 0.3) is 0 Å². The van der Waals surface area contributed by atoms with Gasteiger partial charge in [-0.1, -0.05) is 64.7 Å². The van der Waals surface area contributed by atoms with Crippen LogP contribution in [-0.2, 0) is 12.8 Å². The Balaban J connectivity index is 2.59. The van der Waals surface area contributed by atoms with Crippen molar-refractivity contribution in [3.8, 4) is 0 Å². The second-order valence-electron chi connectivity index (χ2n) is 5.19. The molecule has 1 atom stereocenters. The summed E-state index contributed by atoms with van der Waals surface area (Å²) in [5.74, 6) is 0. The third kappa shape index (κ3) is 4.45. The number of unbranched alkanes of at least 4 members (excludes halogenated alkanes) is 3. The van der Waals surface area contributed by atoms with E-state index in [1.54, 1.807) is 0 Å². The summed E-state index contributed by atoms with van der Waals surface area (Å²) in [6, 6.07) is 7.03. The summed E-state index contributed by atoms with van der Waals surface area (Å²) < 4.78 is 0. The fraction of sp³-hybridized carbons (Fsp3) is 0.647. The summed E-state index contributed by atoms with van der Waals surface area (Å²) in [7, 11) is 0. The summed E-state index contributed by atoms with van der Waals surface area (Å²) in [6.45, 7) is 6.70. The third-order valence-corrected chi connectivity index (χ3v) is 3.79. The zero-order valence-corrected chi connectivity index (χ0v) is 12.3. The zero-order valence-electron chi connectivity index (χ0n) is 12.3. The molecular formula is C17H29N. The lowest BCUT2D eigenvalue weighted by atomic mass is 9.94. The van der Waals surface area contributed by atoms with Crippen LogP contribution in [0.3, 0.4) is 0 Å². The topological polar surface area (TPSA) is 26.0 Å². The van der Waals surface area contributed by atoms with Gasteiger partial charge in [-0.15, -0.1) is 0 Å². The van der Waals surface area contributed by atoms with Gasteiger partial charge in [0.15, 0.2) is 0 Å². The predicted molar refractivity (Wildman–Crippen MR) is 80.9 cm³/mol. The number of aryl methyl sites for hydroxylation is 2. The van der Waals surface area contributed by atoms with E-state index in [1.807, 2.05) is 0 Å². The molecule has 0 heterocycles. The van der Waals surface area contributed by atoms with Crippen molar-refractivity contribution in [3.05, 3.63) is 34.9 Å². The molecule has 0 fully saturated rings. The Bertz CT molecular complexity index is 343. The normalized spacial score (nSPS) is 12.7. The highest BCUT2D eigenvalue weighted by Gasteiger charge is 2.08. The summed E-state index contributed by atoms with van der Waals surface area (Å²) in [4.78, 5) is 0. The van der Waals surface area contributed by atoms with Gasteiger partial charge in [-0.05, 0) is 36.0 Å². The van der Waals surface area contributed by atoms with Crippen molar-refractivity contribution in [2.45, 2.75) is 71.8 Å². The van der Waals surface area contributed by atoms with Crippen LogP contribution in [0.2, 0.25) is 0 Å². The van der Waals surface area contributed by atoms with Crippen molar-refractivity contribution >= 4 is 0 Å². The lowest BCUT2D eigenvalue weighted by molar-refractivity contribution is 0.565. The van der Waals surface area contributed by atoms with Crippen LogP contribution >= 0.6 is 0 Å². The molecule has 0 aromatic heterocycles. The zero-order chi connectivity index (χ0) is 13.4. The smallest absolute Gasteiger partial charge is 0.0294 e. The maximum atomic E-state index is 6.29. The van der Waals surface area contributed by atoms with Gasteiger partial charge in [0.1, 0.15) is 0 Å². The maximum absolute atomic E-state index is 6.29. The van der Waals surface area contributed by atoms with Gasteiger partial charge >= 0.3 is 0 Å². The molecule has 0 radical (unpaired) electrons. The van der Waals surface area contributed by atoms with E-state index in [0.717, 1.165) is 19.3 Å². The van der Waals surface area contributed by atoms with Crippen LogP contribution in [0.15, 0.2) is 18.2 Å². The highest BCUT2D eigenvalue weighted by molar-refractivity contribution is 5.33. The highest BCUT2D eigenvalue weighted by Crippen LogP contribution is 2.21. The molecule has 1 aromatic rings. The monoisotopic (exact) mass is 247 g/mol. The molecule has 18 heavy (non-hydrogen) atoms. The van der Waals surface area contributed by atoms with Crippen LogP contribution in [0, 0.1) is 0 Å². The van der Waals surface area contributed by atoms with Crippen molar-refractivity contribution in [1.29, 1.82) is 0 Å². The molecule has 102 valence electrons. The summed E-state index contributed by atoms with van der Waals surface area (Å²) in [5, 5.41) is 0. The van der Waals surface area contributed by atoms with Gasteiger partial charge in [-0.3, -0.25) is 0 Å². The van der Waals surface area contributed by atoms with Crippen LogP contribution in [0.1, 0.15) is 75.6 Å². The first-order valence-corrected chi connectivity index (χ1v) is 7.60. The Kier molecular flexibility index (Phi) is 7.04. The average molecular weight is 247 g/mol. The van der Waals surface area contributed by atoms with E-state index >= 15 is 0 Å². The molecule has 0 aliphatic heterocycles. The van der Waals surface area contributed by atoms with E-state index in [-0.39, 0.29) is 6.04 Å². The second-order valence-corrected chi connectivity index (χ2v) is 5.19. The Morgan fingerprint density at radius 1 is 0.944 bits per heavy atom. The van der Waals surface area contributed by atoms with Gasteiger partial charge in [0.05, 0.1) is 0 Å². The van der Waals surface area contributed by atoms with Crippen molar-refractivity contribution in [2.75, 3.05) is 0 Å². The lowest BCUT2D eigenvalue weighted by Crippen LogP contribution is -2.11. The number of hydrogen-bond donors (Lipinski definition) is 1. The number of nitrogens with two attached hydrogens (primary N) is 1. The molecule has 0 spiro atoms. The van der Waals surface area contributed by atoms with E-state index in [4.69, 9.17) is 5.73 Å². The van der Waals surface area contributed by atoms with Crippen LogP contribution in [0.25, 0.3) is 0 Å². The first-order valence-electron chi connectivity index (χ1n) is 7.60. The molecule has 1 aromatic carbocycles. The standard InChI is InChI=1S/C17H29N/c1-4-7-8-9-10-17(18)16-12-11-14(5-2)15(6-3)13-16/h11-13,17H,4-10,18H2,1-3H3. The van der Waals surface area contributed by atoms with Crippen molar-refractivity contribution in [2.24, 2.45) is 5.73 Å². The summed E-state index contributed by atoms with van der Waals surface area (Å²) in [5.41, 5.74) is 10.6. The molecule has 2 N–H and O–H groups in total. The fourth-order valence-corrected chi connectivity index (χ4v) is 2.51. The largest absolute Gasteiger partial charge is 0.324 e. The molecular weight excluding hydrogens is 218 g/mol. The van der Waals surface area contributed by atoms with Crippen molar-refractivity contribution in [3.63, 3.8) is 0 Å². The van der Waals surface area contributed by atoms with Crippen molar-refractivity contribution in [1.82, 2.24) is 0 Å². The predicted octanol–water partition coefficient (Wildman–Crippen LogP) is 4.78. The SMILES string of the molecule is CCCCCCC(N)c1ccc(CC)c(CC)c1. The molecule has 0 bridgehead atoms. The van der Waals surface area contributed by atoms with E-state index in [1.165, 1.54) is 42.4 Å². The number of benzene rings is 1. The van der Waals surface area contributed by atoms with Gasteiger partial charge in [0, 0.05) is 6.04 Å².